The molecular weight excluding hydrogens is 496 g/mol. The number of rotatable bonds is 17. The first-order valence-electron chi connectivity index (χ1n) is 14.0. The summed E-state index contributed by atoms with van der Waals surface area (Å²) in [6.07, 6.45) is 6.02. The Morgan fingerprint density at radius 1 is 1.08 bits per heavy atom. The van der Waals surface area contributed by atoms with Gasteiger partial charge in [0.2, 0.25) is 17.7 Å². The molecule has 4 amide bonds. The second kappa shape index (κ2) is 17.3. The number of nitrogens with one attached hydrogen (secondary N) is 2. The van der Waals surface area contributed by atoms with Gasteiger partial charge in [-0.3, -0.25) is 14.4 Å². The monoisotopic (exact) mass is 544 g/mol. The minimum absolute atomic E-state index is 0.0186. The summed E-state index contributed by atoms with van der Waals surface area (Å²) in [4.78, 5) is 53.5. The second-order valence-electron chi connectivity index (χ2n) is 10.7. The maximum Gasteiger partial charge on any atom is 0.408 e. The number of carbonyl (C=O) groups is 4. The highest BCUT2D eigenvalue weighted by molar-refractivity contribution is 5.92. The van der Waals surface area contributed by atoms with Crippen molar-refractivity contribution >= 4 is 29.9 Å². The number of hydrogen-bond acceptors (Lipinski definition) is 5. The van der Waals surface area contributed by atoms with Crippen LogP contribution < -0.4 is 16.4 Å². The fraction of sp³-hybridized carbons (Fsp3) is 0.600. The Morgan fingerprint density at radius 2 is 1.74 bits per heavy atom. The zero-order chi connectivity index (χ0) is 29.4. The summed E-state index contributed by atoms with van der Waals surface area (Å²) in [5.74, 6) is -1.38. The number of benzene rings is 1. The molecule has 1 aromatic carbocycles. The number of carbonyl (C=O) groups excluding carboxylic acids is 4. The van der Waals surface area contributed by atoms with Gasteiger partial charge in [0, 0.05) is 19.5 Å². The Kier molecular flexibility index (Phi) is 14.9. The maximum atomic E-state index is 14.1. The Balaban J connectivity index is 3.49. The number of nitrogens with two attached hydrogens (primary N) is 1. The molecular formula is C30H48N4O5. The van der Waals surface area contributed by atoms with Crippen molar-refractivity contribution in [3.8, 4) is 0 Å². The normalized spacial score (nSPS) is 12.6. The molecule has 0 aliphatic heterocycles. The highest BCUT2D eigenvalue weighted by Gasteiger charge is 2.36. The molecule has 0 aliphatic rings. The van der Waals surface area contributed by atoms with Gasteiger partial charge in [0.1, 0.15) is 17.7 Å². The molecule has 2 unspecified atom stereocenters. The topological polar surface area (TPSA) is 131 Å². The van der Waals surface area contributed by atoms with E-state index < -0.39 is 35.6 Å². The van der Waals surface area contributed by atoms with Crippen molar-refractivity contribution in [2.75, 3.05) is 13.1 Å². The van der Waals surface area contributed by atoms with E-state index in [1.54, 1.807) is 26.8 Å². The van der Waals surface area contributed by atoms with Gasteiger partial charge in [-0.05, 0) is 57.2 Å². The first kappa shape index (κ1) is 33.7. The van der Waals surface area contributed by atoms with E-state index >= 15 is 0 Å². The van der Waals surface area contributed by atoms with Crippen molar-refractivity contribution in [2.24, 2.45) is 5.73 Å². The summed E-state index contributed by atoms with van der Waals surface area (Å²) in [6.45, 7) is 13.9. The first-order valence-corrected chi connectivity index (χ1v) is 14.0. The molecule has 218 valence electrons. The van der Waals surface area contributed by atoms with E-state index in [9.17, 15) is 19.2 Å². The van der Waals surface area contributed by atoms with Crippen LogP contribution in [0.25, 0.3) is 6.08 Å². The highest BCUT2D eigenvalue weighted by Crippen LogP contribution is 2.25. The SMILES string of the molecule is C=Cc1cccc(C(C(=O)NCCCCC)N(CCCCC)C(=O)C(CCC(N)=O)NC(=O)OC(C)(C)C)c1. The molecule has 0 heterocycles. The number of hydrogen-bond donors (Lipinski definition) is 3. The largest absolute Gasteiger partial charge is 0.444 e. The molecule has 0 aliphatic carbocycles. The van der Waals surface area contributed by atoms with Gasteiger partial charge in [0.05, 0.1) is 0 Å². The minimum atomic E-state index is -1.10. The van der Waals surface area contributed by atoms with Crippen molar-refractivity contribution in [2.45, 2.75) is 104 Å². The summed E-state index contributed by atoms with van der Waals surface area (Å²) in [5, 5.41) is 5.61. The van der Waals surface area contributed by atoms with E-state index in [2.05, 4.69) is 31.1 Å². The third kappa shape index (κ3) is 12.8. The summed E-state index contributed by atoms with van der Waals surface area (Å²) in [7, 11) is 0. The van der Waals surface area contributed by atoms with E-state index in [1.807, 2.05) is 24.3 Å². The molecule has 1 rings (SSSR count). The quantitative estimate of drug-likeness (QED) is 0.241. The molecule has 0 fully saturated rings. The van der Waals surface area contributed by atoms with Gasteiger partial charge in [0.15, 0.2) is 0 Å². The van der Waals surface area contributed by atoms with E-state index in [4.69, 9.17) is 10.5 Å². The number of amides is 4. The Bertz CT molecular complexity index is 957. The van der Waals surface area contributed by atoms with Crippen LogP contribution in [-0.2, 0) is 19.1 Å². The highest BCUT2D eigenvalue weighted by atomic mass is 16.6. The Labute approximate surface area is 233 Å². The van der Waals surface area contributed by atoms with Gasteiger partial charge in [-0.25, -0.2) is 4.79 Å². The van der Waals surface area contributed by atoms with E-state index in [-0.39, 0.29) is 18.7 Å². The van der Waals surface area contributed by atoms with Crippen molar-refractivity contribution < 1.29 is 23.9 Å². The number of primary amides is 1. The van der Waals surface area contributed by atoms with Crippen molar-refractivity contribution in [3.05, 3.63) is 42.0 Å². The lowest BCUT2D eigenvalue weighted by atomic mass is 9.99. The Morgan fingerprint density at radius 3 is 2.33 bits per heavy atom. The van der Waals surface area contributed by atoms with Gasteiger partial charge in [-0.1, -0.05) is 70.4 Å². The van der Waals surface area contributed by atoms with Crippen LogP contribution in [0.2, 0.25) is 0 Å². The van der Waals surface area contributed by atoms with Gasteiger partial charge in [0.25, 0.3) is 0 Å². The molecule has 0 bridgehead atoms. The van der Waals surface area contributed by atoms with Crippen LogP contribution in [0, 0.1) is 0 Å². The molecule has 1 aromatic rings. The zero-order valence-electron chi connectivity index (χ0n) is 24.4. The third-order valence-corrected chi connectivity index (χ3v) is 6.06. The van der Waals surface area contributed by atoms with Crippen LogP contribution in [0.5, 0.6) is 0 Å². The summed E-state index contributed by atoms with van der Waals surface area (Å²) in [5.41, 5.74) is 6.04. The third-order valence-electron chi connectivity index (χ3n) is 6.06. The molecule has 4 N–H and O–H groups in total. The number of nitrogens with zero attached hydrogens (tertiary/aromatic N) is 1. The van der Waals surface area contributed by atoms with Crippen LogP contribution in [-0.4, -0.2) is 53.4 Å². The molecule has 39 heavy (non-hydrogen) atoms. The molecule has 2 atom stereocenters. The van der Waals surface area contributed by atoms with Gasteiger partial charge >= 0.3 is 6.09 Å². The van der Waals surface area contributed by atoms with Crippen LogP contribution >= 0.6 is 0 Å². The van der Waals surface area contributed by atoms with Crippen molar-refractivity contribution in [1.29, 1.82) is 0 Å². The van der Waals surface area contributed by atoms with Gasteiger partial charge in [-0.15, -0.1) is 0 Å². The molecule has 0 saturated carbocycles. The standard InChI is InChI=1S/C30H48N4O5/c1-7-10-12-19-32-27(36)26(23-16-14-15-22(9-3)21-23)34(20-13-11-8-2)28(37)24(17-18-25(31)35)33-29(38)39-30(4,5)6/h9,14-16,21,24,26H,3,7-8,10-13,17-20H2,1-2,4-6H3,(H2,31,35)(H,32,36)(H,33,38). The van der Waals surface area contributed by atoms with Gasteiger partial charge in [-0.2, -0.15) is 0 Å². The lowest BCUT2D eigenvalue weighted by Crippen LogP contribution is -2.53. The van der Waals surface area contributed by atoms with Gasteiger partial charge < -0.3 is 26.0 Å². The average molecular weight is 545 g/mol. The van der Waals surface area contributed by atoms with Crippen LogP contribution in [0.15, 0.2) is 30.8 Å². The summed E-state index contributed by atoms with van der Waals surface area (Å²) < 4.78 is 5.38. The van der Waals surface area contributed by atoms with E-state index in [1.165, 1.54) is 4.90 Å². The lowest BCUT2D eigenvalue weighted by Gasteiger charge is -2.34. The smallest absolute Gasteiger partial charge is 0.408 e. The van der Waals surface area contributed by atoms with Crippen LogP contribution in [0.1, 0.15) is 103 Å². The summed E-state index contributed by atoms with van der Waals surface area (Å²) >= 11 is 0. The molecule has 9 heteroatoms. The lowest BCUT2D eigenvalue weighted by molar-refractivity contribution is -0.142. The zero-order valence-corrected chi connectivity index (χ0v) is 24.4. The number of ether oxygens (including phenoxy) is 1. The van der Waals surface area contributed by atoms with Crippen molar-refractivity contribution in [1.82, 2.24) is 15.5 Å². The van der Waals surface area contributed by atoms with E-state index in [0.29, 0.717) is 25.1 Å². The predicted molar refractivity (Wildman–Crippen MR) is 155 cm³/mol. The van der Waals surface area contributed by atoms with Crippen LogP contribution in [0.4, 0.5) is 4.79 Å². The number of alkyl carbamates (subject to hydrolysis) is 1. The maximum absolute atomic E-state index is 14.1. The fourth-order valence-corrected chi connectivity index (χ4v) is 4.10. The predicted octanol–water partition coefficient (Wildman–Crippen LogP) is 4.85. The molecule has 9 nitrogen and oxygen atoms in total. The molecule has 0 radical (unpaired) electrons. The minimum Gasteiger partial charge on any atom is -0.444 e. The van der Waals surface area contributed by atoms with Crippen LogP contribution in [0.3, 0.4) is 0 Å². The van der Waals surface area contributed by atoms with Crippen molar-refractivity contribution in [3.63, 3.8) is 0 Å². The van der Waals surface area contributed by atoms with E-state index in [0.717, 1.165) is 37.7 Å². The average Bonchev–Trinajstić information content (AvgIpc) is 2.87. The fourth-order valence-electron chi connectivity index (χ4n) is 4.10. The molecule has 0 aromatic heterocycles. The number of unbranched alkanes of at least 4 members (excludes halogenated alkanes) is 4. The first-order chi connectivity index (χ1) is 18.4. The molecule has 0 spiro atoms. The summed E-state index contributed by atoms with van der Waals surface area (Å²) in [6, 6.07) is 5.29. The molecule has 0 saturated heterocycles. The Hall–Kier alpha value is -3.36. The second-order valence-corrected chi connectivity index (χ2v) is 10.7.